The van der Waals surface area contributed by atoms with Crippen LogP contribution in [0.3, 0.4) is 0 Å². The summed E-state index contributed by atoms with van der Waals surface area (Å²) >= 11 is 8.53. The van der Waals surface area contributed by atoms with Crippen molar-refractivity contribution in [2.24, 2.45) is 0 Å². The summed E-state index contributed by atoms with van der Waals surface area (Å²) in [6.07, 6.45) is 0. The molecule has 0 amide bonds. The highest BCUT2D eigenvalue weighted by Gasteiger charge is 2.11. The van der Waals surface area contributed by atoms with Crippen molar-refractivity contribution in [3.05, 3.63) is 120 Å². The van der Waals surface area contributed by atoms with Gasteiger partial charge in [-0.1, -0.05) is 84.4 Å². The number of rotatable bonds is 4. The van der Waals surface area contributed by atoms with Crippen LogP contribution in [0.5, 0.6) is 0 Å². The van der Waals surface area contributed by atoms with Crippen molar-refractivity contribution >= 4 is 54.5 Å². The highest BCUT2D eigenvalue weighted by Crippen LogP contribution is 2.40. The Morgan fingerprint density at radius 3 is 1.85 bits per heavy atom. The SMILES string of the molecule is Clc1cc2c(cc1-c1ccc(Nc3ccc(-c4ccccc4)cc3)cc1)sc1ccccc12. The largest absolute Gasteiger partial charge is 0.356 e. The number of benzene rings is 5. The van der Waals surface area contributed by atoms with E-state index in [1.54, 1.807) is 0 Å². The molecule has 0 aliphatic rings. The molecule has 33 heavy (non-hydrogen) atoms. The molecule has 0 fully saturated rings. The van der Waals surface area contributed by atoms with Crippen LogP contribution >= 0.6 is 22.9 Å². The zero-order chi connectivity index (χ0) is 22.2. The summed E-state index contributed by atoms with van der Waals surface area (Å²) in [5.74, 6) is 0. The molecule has 6 aromatic rings. The lowest BCUT2D eigenvalue weighted by atomic mass is 10.0. The Labute approximate surface area is 201 Å². The second kappa shape index (κ2) is 8.40. The van der Waals surface area contributed by atoms with Gasteiger partial charge in [0.15, 0.2) is 0 Å². The number of thiophene rings is 1. The van der Waals surface area contributed by atoms with Crippen molar-refractivity contribution in [1.29, 1.82) is 0 Å². The van der Waals surface area contributed by atoms with Crippen LogP contribution in [0.1, 0.15) is 0 Å². The molecule has 6 rings (SSSR count). The maximum absolute atomic E-state index is 6.72. The molecule has 0 atom stereocenters. The third kappa shape index (κ3) is 3.89. The van der Waals surface area contributed by atoms with E-state index >= 15 is 0 Å². The standard InChI is InChI=1S/C30H20ClNS/c31-28-18-27-25-8-4-5-9-29(25)33-30(27)19-26(28)22-12-16-24(17-13-22)32-23-14-10-21(11-15-23)20-6-2-1-3-7-20/h1-19,32H. The highest BCUT2D eigenvalue weighted by atomic mass is 35.5. The van der Waals surface area contributed by atoms with E-state index in [2.05, 4.69) is 115 Å². The van der Waals surface area contributed by atoms with Crippen LogP contribution in [0.2, 0.25) is 5.02 Å². The van der Waals surface area contributed by atoms with Gasteiger partial charge in [-0.05, 0) is 59.2 Å². The van der Waals surface area contributed by atoms with Crippen LogP contribution < -0.4 is 5.32 Å². The monoisotopic (exact) mass is 461 g/mol. The normalized spacial score (nSPS) is 11.2. The number of nitrogens with one attached hydrogen (secondary N) is 1. The fourth-order valence-corrected chi connectivity index (χ4v) is 5.64. The van der Waals surface area contributed by atoms with Gasteiger partial charge in [0.25, 0.3) is 0 Å². The van der Waals surface area contributed by atoms with Gasteiger partial charge in [-0.25, -0.2) is 0 Å². The molecule has 1 N–H and O–H groups in total. The highest BCUT2D eigenvalue weighted by molar-refractivity contribution is 7.25. The molecule has 1 heterocycles. The van der Waals surface area contributed by atoms with Crippen LogP contribution in [0.15, 0.2) is 115 Å². The molecule has 5 aromatic carbocycles. The maximum Gasteiger partial charge on any atom is 0.0491 e. The first-order valence-corrected chi connectivity index (χ1v) is 12.1. The number of hydrogen-bond acceptors (Lipinski definition) is 2. The Morgan fingerprint density at radius 2 is 1.12 bits per heavy atom. The average Bonchev–Trinajstić information content (AvgIpc) is 3.23. The molecule has 0 aliphatic carbocycles. The Bertz CT molecular complexity index is 1570. The second-order valence-corrected chi connectivity index (χ2v) is 9.56. The molecule has 0 saturated heterocycles. The topological polar surface area (TPSA) is 12.0 Å². The maximum atomic E-state index is 6.72. The quantitative estimate of drug-likeness (QED) is 0.275. The molecule has 0 radical (unpaired) electrons. The first-order chi connectivity index (χ1) is 16.2. The van der Waals surface area contributed by atoms with E-state index in [0.717, 1.165) is 27.5 Å². The molecule has 0 saturated carbocycles. The third-order valence-electron chi connectivity index (χ3n) is 5.94. The van der Waals surface area contributed by atoms with Gasteiger partial charge in [0, 0.05) is 42.1 Å². The summed E-state index contributed by atoms with van der Waals surface area (Å²) in [7, 11) is 0. The van der Waals surface area contributed by atoms with Crippen LogP contribution in [0.4, 0.5) is 11.4 Å². The molecule has 0 bridgehead atoms. The number of halogens is 1. The first-order valence-electron chi connectivity index (χ1n) is 10.9. The summed E-state index contributed by atoms with van der Waals surface area (Å²) < 4.78 is 2.55. The van der Waals surface area contributed by atoms with E-state index in [4.69, 9.17) is 11.6 Å². The summed E-state index contributed by atoms with van der Waals surface area (Å²) in [6, 6.07) is 40.2. The number of fused-ring (bicyclic) bond motifs is 3. The van der Waals surface area contributed by atoms with Gasteiger partial charge in [-0.15, -0.1) is 11.3 Å². The molecule has 1 aromatic heterocycles. The molecule has 1 nitrogen and oxygen atoms in total. The van der Waals surface area contributed by atoms with Gasteiger partial charge in [-0.2, -0.15) is 0 Å². The Hall–Kier alpha value is -3.59. The van der Waals surface area contributed by atoms with Gasteiger partial charge in [0.1, 0.15) is 0 Å². The molecule has 158 valence electrons. The van der Waals surface area contributed by atoms with Gasteiger partial charge in [0.05, 0.1) is 0 Å². The Balaban J connectivity index is 1.25. The lowest BCUT2D eigenvalue weighted by molar-refractivity contribution is 1.54. The Morgan fingerprint density at radius 1 is 0.515 bits per heavy atom. The Kier molecular flexibility index (Phi) is 5.10. The zero-order valence-corrected chi connectivity index (χ0v) is 19.3. The zero-order valence-electron chi connectivity index (χ0n) is 17.8. The van der Waals surface area contributed by atoms with Crippen molar-refractivity contribution in [3.8, 4) is 22.3 Å². The molecule has 0 spiro atoms. The number of hydrogen-bond donors (Lipinski definition) is 1. The van der Waals surface area contributed by atoms with E-state index in [-0.39, 0.29) is 0 Å². The van der Waals surface area contributed by atoms with Crippen molar-refractivity contribution in [2.45, 2.75) is 0 Å². The smallest absolute Gasteiger partial charge is 0.0491 e. The third-order valence-corrected chi connectivity index (χ3v) is 7.39. The van der Waals surface area contributed by atoms with Crippen LogP contribution in [-0.4, -0.2) is 0 Å². The lowest BCUT2D eigenvalue weighted by Gasteiger charge is -2.10. The summed E-state index contributed by atoms with van der Waals surface area (Å²) in [5.41, 5.74) is 6.72. The van der Waals surface area contributed by atoms with Crippen LogP contribution in [-0.2, 0) is 0 Å². The minimum Gasteiger partial charge on any atom is -0.356 e. The minimum absolute atomic E-state index is 0.781. The lowest BCUT2D eigenvalue weighted by Crippen LogP contribution is -1.90. The van der Waals surface area contributed by atoms with Crippen LogP contribution in [0, 0.1) is 0 Å². The summed E-state index contributed by atoms with van der Waals surface area (Å²) in [6.45, 7) is 0. The second-order valence-electron chi connectivity index (χ2n) is 8.07. The van der Waals surface area contributed by atoms with E-state index in [1.165, 1.54) is 31.3 Å². The first kappa shape index (κ1) is 20.0. The predicted octanol–water partition coefficient (Wildman–Crippen LogP) is 9.79. The minimum atomic E-state index is 0.781. The number of anilines is 2. The van der Waals surface area contributed by atoms with E-state index < -0.39 is 0 Å². The van der Waals surface area contributed by atoms with Gasteiger partial charge in [0.2, 0.25) is 0 Å². The van der Waals surface area contributed by atoms with Crippen molar-refractivity contribution in [2.75, 3.05) is 5.32 Å². The van der Waals surface area contributed by atoms with Crippen molar-refractivity contribution < 1.29 is 0 Å². The van der Waals surface area contributed by atoms with E-state index in [9.17, 15) is 0 Å². The summed E-state index contributed by atoms with van der Waals surface area (Å²) in [4.78, 5) is 0. The van der Waals surface area contributed by atoms with Crippen LogP contribution in [0.25, 0.3) is 42.4 Å². The molecular formula is C30H20ClNS. The fourth-order valence-electron chi connectivity index (χ4n) is 4.24. The van der Waals surface area contributed by atoms with Gasteiger partial charge in [-0.3, -0.25) is 0 Å². The molecule has 0 unspecified atom stereocenters. The van der Waals surface area contributed by atoms with Crippen molar-refractivity contribution in [3.63, 3.8) is 0 Å². The van der Waals surface area contributed by atoms with E-state index in [0.29, 0.717) is 0 Å². The molecular weight excluding hydrogens is 442 g/mol. The van der Waals surface area contributed by atoms with Gasteiger partial charge < -0.3 is 5.32 Å². The average molecular weight is 462 g/mol. The molecule has 0 aliphatic heterocycles. The fraction of sp³-hybridized carbons (Fsp3) is 0. The van der Waals surface area contributed by atoms with Crippen molar-refractivity contribution in [1.82, 2.24) is 0 Å². The molecule has 3 heteroatoms. The van der Waals surface area contributed by atoms with Gasteiger partial charge >= 0.3 is 0 Å². The predicted molar refractivity (Wildman–Crippen MR) is 145 cm³/mol. The summed E-state index contributed by atoms with van der Waals surface area (Å²) in [5, 5.41) is 6.76. The van der Waals surface area contributed by atoms with E-state index in [1.807, 2.05) is 17.4 Å².